The summed E-state index contributed by atoms with van der Waals surface area (Å²) in [4.78, 5) is 11.8. The van der Waals surface area contributed by atoms with Gasteiger partial charge in [-0.05, 0) is 26.0 Å². The molecule has 1 aromatic carbocycles. The van der Waals surface area contributed by atoms with Crippen LogP contribution in [0.15, 0.2) is 24.3 Å². The Morgan fingerprint density at radius 2 is 2.00 bits per heavy atom. The molecule has 0 aromatic heterocycles. The summed E-state index contributed by atoms with van der Waals surface area (Å²) in [5.41, 5.74) is -0.604. The average molecular weight is 296 g/mol. The number of hydrogen-bond acceptors (Lipinski definition) is 2. The van der Waals surface area contributed by atoms with Gasteiger partial charge in [0.25, 0.3) is 0 Å². The first kappa shape index (κ1) is 15.6. The average Bonchev–Trinajstić information content (AvgIpc) is 2.27. The molecule has 0 aliphatic rings. The highest BCUT2D eigenvalue weighted by atomic mass is 35.5. The largest absolute Gasteiger partial charge is 0.573 e. The van der Waals surface area contributed by atoms with Crippen molar-refractivity contribution in [1.82, 2.24) is 0 Å². The molecule has 106 valence electrons. The van der Waals surface area contributed by atoms with Crippen molar-refractivity contribution in [3.8, 4) is 5.75 Å². The molecule has 0 heterocycles. The summed E-state index contributed by atoms with van der Waals surface area (Å²) in [6.45, 7) is 3.26. The van der Waals surface area contributed by atoms with Gasteiger partial charge in [-0.15, -0.1) is 24.8 Å². The quantitative estimate of drug-likeness (QED) is 0.858. The van der Waals surface area contributed by atoms with Crippen molar-refractivity contribution in [1.29, 1.82) is 0 Å². The number of anilines is 1. The third-order valence-electron chi connectivity index (χ3n) is 2.27. The van der Waals surface area contributed by atoms with Gasteiger partial charge in [-0.25, -0.2) is 0 Å². The Morgan fingerprint density at radius 3 is 2.53 bits per heavy atom. The first-order valence-corrected chi connectivity index (χ1v) is 5.91. The zero-order valence-corrected chi connectivity index (χ0v) is 11.1. The summed E-state index contributed by atoms with van der Waals surface area (Å²) >= 11 is 5.64. The second-order valence-corrected chi connectivity index (χ2v) is 4.81. The summed E-state index contributed by atoms with van der Waals surface area (Å²) in [6.07, 6.45) is -4.77. The van der Waals surface area contributed by atoms with E-state index < -0.39 is 17.5 Å². The highest BCUT2D eigenvalue weighted by molar-refractivity contribution is 6.20. The van der Waals surface area contributed by atoms with E-state index in [1.807, 2.05) is 0 Å². The summed E-state index contributed by atoms with van der Waals surface area (Å²) in [5, 5.41) is 2.49. The molecule has 0 aliphatic carbocycles. The lowest BCUT2D eigenvalue weighted by Crippen LogP contribution is -2.32. The predicted molar refractivity (Wildman–Crippen MR) is 66.3 cm³/mol. The molecule has 1 N–H and O–H groups in total. The minimum atomic E-state index is -4.77. The lowest BCUT2D eigenvalue weighted by molar-refractivity contribution is -0.274. The maximum Gasteiger partial charge on any atom is 0.573 e. The van der Waals surface area contributed by atoms with Crippen molar-refractivity contribution < 1.29 is 22.7 Å². The molecule has 7 heteroatoms. The maximum atomic E-state index is 12.1. The lowest BCUT2D eigenvalue weighted by atomic mass is 9.95. The maximum absolute atomic E-state index is 12.1. The fourth-order valence-electron chi connectivity index (χ4n) is 1.13. The molecule has 0 unspecified atom stereocenters. The Labute approximate surface area is 113 Å². The molecule has 1 rings (SSSR count). The van der Waals surface area contributed by atoms with Crippen LogP contribution in [-0.4, -0.2) is 18.1 Å². The molecule has 0 radical (unpaired) electrons. The SMILES string of the molecule is CC(C)(CCl)C(=O)Nc1cccc(OC(F)(F)F)c1. The number of rotatable bonds is 4. The molecular weight excluding hydrogens is 283 g/mol. The fourth-order valence-corrected chi connectivity index (χ4v) is 1.25. The summed E-state index contributed by atoms with van der Waals surface area (Å²) in [5.74, 6) is -0.682. The minimum Gasteiger partial charge on any atom is -0.406 e. The van der Waals surface area contributed by atoms with Gasteiger partial charge in [-0.1, -0.05) is 6.07 Å². The molecule has 3 nitrogen and oxygen atoms in total. The van der Waals surface area contributed by atoms with Crippen molar-refractivity contribution in [2.45, 2.75) is 20.2 Å². The Morgan fingerprint density at radius 1 is 1.37 bits per heavy atom. The molecule has 0 saturated carbocycles. The van der Waals surface area contributed by atoms with Crippen molar-refractivity contribution in [2.24, 2.45) is 5.41 Å². The molecule has 0 bridgehead atoms. The Hall–Kier alpha value is -1.43. The smallest absolute Gasteiger partial charge is 0.406 e. The third-order valence-corrected chi connectivity index (χ3v) is 2.94. The van der Waals surface area contributed by atoms with Gasteiger partial charge in [0, 0.05) is 17.6 Å². The van der Waals surface area contributed by atoms with Gasteiger partial charge < -0.3 is 10.1 Å². The van der Waals surface area contributed by atoms with Crippen LogP contribution in [0.2, 0.25) is 0 Å². The number of hydrogen-bond donors (Lipinski definition) is 1. The summed E-state index contributed by atoms with van der Waals surface area (Å²) in [6, 6.07) is 5.06. The van der Waals surface area contributed by atoms with E-state index in [1.54, 1.807) is 13.8 Å². The first-order chi connectivity index (χ1) is 8.64. The van der Waals surface area contributed by atoms with E-state index in [9.17, 15) is 18.0 Å². The van der Waals surface area contributed by atoms with E-state index in [1.165, 1.54) is 12.1 Å². The topological polar surface area (TPSA) is 38.3 Å². The first-order valence-electron chi connectivity index (χ1n) is 5.37. The summed E-state index contributed by atoms with van der Waals surface area (Å²) < 4.78 is 39.9. The number of alkyl halides is 4. The number of carbonyl (C=O) groups excluding carboxylic acids is 1. The van der Waals surface area contributed by atoms with Crippen LogP contribution >= 0.6 is 11.6 Å². The minimum absolute atomic E-state index is 0.0948. The van der Waals surface area contributed by atoms with Gasteiger partial charge in [-0.3, -0.25) is 4.79 Å². The number of halogens is 4. The van der Waals surface area contributed by atoms with Gasteiger partial charge in [0.15, 0.2) is 0 Å². The van der Waals surface area contributed by atoms with E-state index in [0.29, 0.717) is 0 Å². The third kappa shape index (κ3) is 4.98. The normalized spacial score (nSPS) is 12.1. The lowest BCUT2D eigenvalue weighted by Gasteiger charge is -2.20. The summed E-state index contributed by atoms with van der Waals surface area (Å²) in [7, 11) is 0. The highest BCUT2D eigenvalue weighted by Crippen LogP contribution is 2.26. The van der Waals surface area contributed by atoms with E-state index in [0.717, 1.165) is 12.1 Å². The molecular formula is C12H13ClF3NO2. The molecule has 1 aromatic rings. The molecule has 0 atom stereocenters. The number of benzene rings is 1. The Balaban J connectivity index is 2.81. The van der Waals surface area contributed by atoms with Crippen LogP contribution < -0.4 is 10.1 Å². The molecule has 19 heavy (non-hydrogen) atoms. The van der Waals surface area contributed by atoms with E-state index in [2.05, 4.69) is 10.1 Å². The Kier molecular flexibility index (Phi) is 4.68. The molecule has 0 fully saturated rings. The van der Waals surface area contributed by atoms with Crippen LogP contribution in [0, 0.1) is 5.41 Å². The van der Waals surface area contributed by atoms with E-state index in [4.69, 9.17) is 11.6 Å². The fraction of sp³-hybridized carbons (Fsp3) is 0.417. The van der Waals surface area contributed by atoms with Gasteiger partial charge in [0.1, 0.15) is 5.75 Å². The van der Waals surface area contributed by atoms with Gasteiger partial charge in [-0.2, -0.15) is 0 Å². The monoisotopic (exact) mass is 295 g/mol. The highest BCUT2D eigenvalue weighted by Gasteiger charge is 2.31. The van der Waals surface area contributed by atoms with Crippen molar-refractivity contribution >= 4 is 23.2 Å². The van der Waals surface area contributed by atoms with Gasteiger partial charge in [0.05, 0.1) is 5.41 Å². The molecule has 0 saturated heterocycles. The van der Waals surface area contributed by atoms with Crippen LogP contribution in [0.5, 0.6) is 5.75 Å². The second-order valence-electron chi connectivity index (χ2n) is 4.55. The molecule has 0 spiro atoms. The predicted octanol–water partition coefficient (Wildman–Crippen LogP) is 3.79. The van der Waals surface area contributed by atoms with Crippen molar-refractivity contribution in [3.05, 3.63) is 24.3 Å². The van der Waals surface area contributed by atoms with Gasteiger partial charge in [0.2, 0.25) is 5.91 Å². The molecule has 0 aliphatic heterocycles. The number of amides is 1. The van der Waals surface area contributed by atoms with Crippen LogP contribution in [0.1, 0.15) is 13.8 Å². The van der Waals surface area contributed by atoms with Crippen molar-refractivity contribution in [2.75, 3.05) is 11.2 Å². The van der Waals surface area contributed by atoms with E-state index >= 15 is 0 Å². The van der Waals surface area contributed by atoms with Crippen LogP contribution in [0.25, 0.3) is 0 Å². The van der Waals surface area contributed by atoms with Crippen LogP contribution in [0.3, 0.4) is 0 Å². The van der Waals surface area contributed by atoms with Gasteiger partial charge >= 0.3 is 6.36 Å². The number of nitrogens with one attached hydrogen (secondary N) is 1. The van der Waals surface area contributed by atoms with Crippen LogP contribution in [-0.2, 0) is 4.79 Å². The second kappa shape index (κ2) is 5.69. The Bertz CT molecular complexity index is 461. The number of ether oxygens (including phenoxy) is 1. The zero-order valence-electron chi connectivity index (χ0n) is 10.3. The number of carbonyl (C=O) groups is 1. The van der Waals surface area contributed by atoms with Crippen molar-refractivity contribution in [3.63, 3.8) is 0 Å². The zero-order chi connectivity index (χ0) is 14.7. The van der Waals surface area contributed by atoms with Crippen LogP contribution in [0.4, 0.5) is 18.9 Å². The standard InChI is InChI=1S/C12H13ClF3NO2/c1-11(2,7-13)10(18)17-8-4-3-5-9(6-8)19-12(14,15)16/h3-6H,7H2,1-2H3,(H,17,18). The molecule has 1 amide bonds. The van der Waals surface area contributed by atoms with E-state index in [-0.39, 0.29) is 17.5 Å².